The molecular weight excluding hydrogens is 423 g/mol. The van der Waals surface area contributed by atoms with Crippen LogP contribution in [-0.2, 0) is 11.3 Å². The van der Waals surface area contributed by atoms with E-state index in [1.54, 1.807) is 6.07 Å². The van der Waals surface area contributed by atoms with Gasteiger partial charge in [0.15, 0.2) is 5.82 Å². The first-order valence-corrected chi connectivity index (χ1v) is 11.6. The standard InChI is InChI=1S/C24H29FN6O2/c1-2-26-23(32)18-6-5-17(13-19(18)25)30-10-8-29(9-11-30)15-16-12-20-22(27-14-16)31-7-3-4-21(31)24(33)28-20/h5-6,12-14,21H,2-4,7-11,15H2,1H3,(H,26,32)(H,28,33). The molecule has 3 aliphatic heterocycles. The van der Waals surface area contributed by atoms with Gasteiger partial charge in [0.1, 0.15) is 11.9 Å². The Kier molecular flexibility index (Phi) is 5.88. The van der Waals surface area contributed by atoms with Crippen molar-refractivity contribution in [2.24, 2.45) is 0 Å². The number of hydrogen-bond donors (Lipinski definition) is 2. The Bertz CT molecular complexity index is 1070. The summed E-state index contributed by atoms with van der Waals surface area (Å²) < 4.78 is 14.5. The number of pyridine rings is 1. The maximum Gasteiger partial charge on any atom is 0.254 e. The minimum absolute atomic E-state index is 0.0676. The Labute approximate surface area is 192 Å². The molecule has 0 saturated carbocycles. The van der Waals surface area contributed by atoms with Crippen LogP contribution >= 0.6 is 0 Å². The molecule has 0 aliphatic carbocycles. The maximum atomic E-state index is 14.5. The largest absolute Gasteiger partial charge is 0.369 e. The van der Waals surface area contributed by atoms with Gasteiger partial charge in [0.05, 0.1) is 11.3 Å². The Morgan fingerprint density at radius 1 is 1.21 bits per heavy atom. The second kappa shape index (κ2) is 8.97. The highest BCUT2D eigenvalue weighted by Crippen LogP contribution is 2.35. The number of halogens is 1. The molecule has 1 aromatic carbocycles. The number of fused-ring (bicyclic) bond motifs is 3. The van der Waals surface area contributed by atoms with Crippen molar-refractivity contribution in [2.45, 2.75) is 32.4 Å². The predicted molar refractivity (Wildman–Crippen MR) is 125 cm³/mol. The van der Waals surface area contributed by atoms with Crippen LogP contribution in [0.25, 0.3) is 0 Å². The third-order valence-corrected chi connectivity index (χ3v) is 6.69. The molecule has 1 unspecified atom stereocenters. The number of benzene rings is 1. The summed E-state index contributed by atoms with van der Waals surface area (Å²) in [5.41, 5.74) is 2.74. The van der Waals surface area contributed by atoms with E-state index in [0.29, 0.717) is 6.54 Å². The molecule has 2 fully saturated rings. The zero-order valence-corrected chi connectivity index (χ0v) is 18.8. The number of anilines is 3. The minimum atomic E-state index is -0.497. The van der Waals surface area contributed by atoms with Gasteiger partial charge in [-0.25, -0.2) is 9.37 Å². The SMILES string of the molecule is CCNC(=O)c1ccc(N2CCN(Cc3cnc4c(c3)NC(=O)C3CCCN43)CC2)cc1F. The normalized spacial score (nSPS) is 20.3. The zero-order valence-electron chi connectivity index (χ0n) is 18.8. The van der Waals surface area contributed by atoms with Gasteiger partial charge in [-0.15, -0.1) is 0 Å². The molecule has 0 spiro atoms. The molecule has 2 saturated heterocycles. The first-order chi connectivity index (χ1) is 16.0. The van der Waals surface area contributed by atoms with Gasteiger partial charge in [-0.05, 0) is 49.6 Å². The van der Waals surface area contributed by atoms with Gasteiger partial charge in [-0.3, -0.25) is 14.5 Å². The summed E-state index contributed by atoms with van der Waals surface area (Å²) in [6.07, 6.45) is 3.81. The Balaban J connectivity index is 1.20. The molecule has 1 aromatic heterocycles. The first kappa shape index (κ1) is 21.6. The summed E-state index contributed by atoms with van der Waals surface area (Å²) in [6.45, 7) is 7.10. The van der Waals surface area contributed by atoms with Crippen LogP contribution in [-0.4, -0.2) is 67.0 Å². The molecule has 0 radical (unpaired) electrons. The second-order valence-electron chi connectivity index (χ2n) is 8.84. The minimum Gasteiger partial charge on any atom is -0.369 e. The van der Waals surface area contributed by atoms with E-state index in [-0.39, 0.29) is 23.4 Å². The summed E-state index contributed by atoms with van der Waals surface area (Å²) in [5.74, 6) is 0.0616. The van der Waals surface area contributed by atoms with E-state index in [1.807, 2.05) is 25.3 Å². The second-order valence-corrected chi connectivity index (χ2v) is 8.84. The molecule has 174 valence electrons. The van der Waals surface area contributed by atoms with Crippen molar-refractivity contribution in [1.29, 1.82) is 0 Å². The number of aromatic nitrogens is 1. The van der Waals surface area contributed by atoms with Crippen molar-refractivity contribution in [3.05, 3.63) is 47.4 Å². The molecule has 1 atom stereocenters. The highest BCUT2D eigenvalue weighted by molar-refractivity contribution is 6.03. The van der Waals surface area contributed by atoms with Crippen LogP contribution in [0.2, 0.25) is 0 Å². The zero-order chi connectivity index (χ0) is 22.9. The monoisotopic (exact) mass is 452 g/mol. The van der Waals surface area contributed by atoms with Gasteiger partial charge < -0.3 is 20.4 Å². The van der Waals surface area contributed by atoms with Gasteiger partial charge >= 0.3 is 0 Å². The number of rotatable bonds is 5. The van der Waals surface area contributed by atoms with Gasteiger partial charge in [0, 0.05) is 57.7 Å². The summed E-state index contributed by atoms with van der Waals surface area (Å²) >= 11 is 0. The van der Waals surface area contributed by atoms with Crippen molar-refractivity contribution >= 4 is 29.0 Å². The fourth-order valence-corrected chi connectivity index (χ4v) is 4.98. The summed E-state index contributed by atoms with van der Waals surface area (Å²) in [5, 5.41) is 5.66. The van der Waals surface area contributed by atoms with Crippen molar-refractivity contribution in [3.63, 3.8) is 0 Å². The van der Waals surface area contributed by atoms with E-state index in [1.165, 1.54) is 6.07 Å². The molecule has 5 rings (SSSR count). The van der Waals surface area contributed by atoms with Crippen LogP contribution in [0.4, 0.5) is 21.6 Å². The van der Waals surface area contributed by atoms with E-state index in [0.717, 1.165) is 74.9 Å². The van der Waals surface area contributed by atoms with Gasteiger partial charge in [0.25, 0.3) is 5.91 Å². The Morgan fingerprint density at radius 2 is 2.03 bits per heavy atom. The Hall–Kier alpha value is -3.20. The molecule has 2 aromatic rings. The van der Waals surface area contributed by atoms with Gasteiger partial charge in [-0.2, -0.15) is 0 Å². The lowest BCUT2D eigenvalue weighted by Gasteiger charge is -2.36. The third kappa shape index (κ3) is 4.25. The molecule has 9 heteroatoms. The molecule has 0 bridgehead atoms. The number of nitrogens with one attached hydrogen (secondary N) is 2. The van der Waals surface area contributed by atoms with Crippen LogP contribution in [0.3, 0.4) is 0 Å². The topological polar surface area (TPSA) is 80.8 Å². The van der Waals surface area contributed by atoms with Crippen molar-refractivity contribution in [3.8, 4) is 0 Å². The molecule has 4 heterocycles. The first-order valence-electron chi connectivity index (χ1n) is 11.6. The van der Waals surface area contributed by atoms with Gasteiger partial charge in [0.2, 0.25) is 5.91 Å². The van der Waals surface area contributed by atoms with Crippen molar-refractivity contribution < 1.29 is 14.0 Å². The number of hydrogen-bond acceptors (Lipinski definition) is 6. The van der Waals surface area contributed by atoms with Crippen LogP contribution in [0.15, 0.2) is 30.5 Å². The molecule has 2 N–H and O–H groups in total. The smallest absolute Gasteiger partial charge is 0.254 e. The molecule has 8 nitrogen and oxygen atoms in total. The lowest BCUT2D eigenvalue weighted by atomic mass is 10.1. The fraction of sp³-hybridized carbons (Fsp3) is 0.458. The van der Waals surface area contributed by atoms with E-state index in [9.17, 15) is 14.0 Å². The van der Waals surface area contributed by atoms with E-state index < -0.39 is 5.82 Å². The molecule has 3 aliphatic rings. The summed E-state index contributed by atoms with van der Waals surface area (Å²) in [7, 11) is 0. The fourth-order valence-electron chi connectivity index (χ4n) is 4.98. The Morgan fingerprint density at radius 3 is 2.79 bits per heavy atom. The number of nitrogens with zero attached hydrogens (tertiary/aromatic N) is 4. The van der Waals surface area contributed by atoms with Crippen LogP contribution < -0.4 is 20.4 Å². The highest BCUT2D eigenvalue weighted by Gasteiger charge is 2.37. The maximum absolute atomic E-state index is 14.5. The summed E-state index contributed by atoms with van der Waals surface area (Å²) in [6, 6.07) is 6.77. The van der Waals surface area contributed by atoms with Crippen LogP contribution in [0.1, 0.15) is 35.7 Å². The van der Waals surface area contributed by atoms with E-state index >= 15 is 0 Å². The van der Waals surface area contributed by atoms with E-state index in [2.05, 4.69) is 30.3 Å². The number of amides is 2. The average molecular weight is 453 g/mol. The third-order valence-electron chi connectivity index (χ3n) is 6.69. The predicted octanol–water partition coefficient (Wildman–Crippen LogP) is 2.21. The molecule has 2 amide bonds. The average Bonchev–Trinajstić information content (AvgIpc) is 3.30. The lowest BCUT2D eigenvalue weighted by Crippen LogP contribution is -2.46. The number of carbonyl (C=O) groups is 2. The number of piperazine rings is 1. The van der Waals surface area contributed by atoms with Crippen molar-refractivity contribution in [2.75, 3.05) is 54.4 Å². The van der Waals surface area contributed by atoms with Crippen LogP contribution in [0.5, 0.6) is 0 Å². The van der Waals surface area contributed by atoms with Crippen LogP contribution in [0, 0.1) is 5.82 Å². The summed E-state index contributed by atoms with van der Waals surface area (Å²) in [4.78, 5) is 35.6. The lowest BCUT2D eigenvalue weighted by molar-refractivity contribution is -0.117. The quantitative estimate of drug-likeness (QED) is 0.724. The highest BCUT2D eigenvalue weighted by atomic mass is 19.1. The molecular formula is C24H29FN6O2. The molecule has 33 heavy (non-hydrogen) atoms. The van der Waals surface area contributed by atoms with Crippen molar-refractivity contribution in [1.82, 2.24) is 15.2 Å². The van der Waals surface area contributed by atoms with Gasteiger partial charge in [-0.1, -0.05) is 0 Å². The number of carbonyl (C=O) groups excluding carboxylic acids is 2. The van der Waals surface area contributed by atoms with E-state index in [4.69, 9.17) is 0 Å².